The van der Waals surface area contributed by atoms with E-state index in [0.29, 0.717) is 18.8 Å². The van der Waals surface area contributed by atoms with Crippen LogP contribution in [0.1, 0.15) is 25.0 Å². The normalized spacial score (nSPS) is 9.47. The van der Waals surface area contributed by atoms with Crippen LogP contribution in [-0.4, -0.2) is 35.7 Å². The first-order chi connectivity index (χ1) is 9.12. The Balaban J connectivity index is 2.97. The predicted octanol–water partition coefficient (Wildman–Crippen LogP) is 2.21. The molecule has 0 saturated heterocycles. The lowest BCUT2D eigenvalue weighted by Gasteiger charge is -2.19. The van der Waals surface area contributed by atoms with Gasteiger partial charge in [-0.15, -0.1) is 0 Å². The number of rotatable bonds is 3. The van der Waals surface area contributed by atoms with Gasteiger partial charge in [0.25, 0.3) is 0 Å². The van der Waals surface area contributed by atoms with E-state index in [1.165, 1.54) is 0 Å². The van der Waals surface area contributed by atoms with Gasteiger partial charge in [0, 0.05) is 18.7 Å². The summed E-state index contributed by atoms with van der Waals surface area (Å²) in [4.78, 5) is 13.7. The Hall–Kier alpha value is -1.99. The van der Waals surface area contributed by atoms with Gasteiger partial charge in [-0.2, -0.15) is 0 Å². The van der Waals surface area contributed by atoms with Crippen LogP contribution in [0.5, 0.6) is 0 Å². The Morgan fingerprint density at radius 2 is 2.05 bits per heavy atom. The average molecular weight is 260 g/mol. The number of amides is 2. The highest BCUT2D eigenvalue weighted by molar-refractivity contribution is 5.91. The number of nitrogens with one attached hydrogen (secondary N) is 1. The molecule has 4 heteroatoms. The van der Waals surface area contributed by atoms with Gasteiger partial charge < -0.3 is 15.3 Å². The van der Waals surface area contributed by atoms with E-state index in [1.807, 2.05) is 39.0 Å². The summed E-state index contributed by atoms with van der Waals surface area (Å²) < 4.78 is 0. The largest absolute Gasteiger partial charge is 0.384 e. The molecule has 0 aromatic heterocycles. The number of urea groups is 1. The summed E-state index contributed by atoms with van der Waals surface area (Å²) in [5.74, 6) is 5.45. The Labute approximate surface area is 114 Å². The van der Waals surface area contributed by atoms with Crippen LogP contribution in [-0.2, 0) is 0 Å². The molecule has 1 aromatic carbocycles. The first-order valence-corrected chi connectivity index (χ1v) is 6.38. The Morgan fingerprint density at radius 3 is 2.63 bits per heavy atom. The number of hydrogen-bond acceptors (Lipinski definition) is 2. The van der Waals surface area contributed by atoms with E-state index < -0.39 is 0 Å². The average Bonchev–Trinajstić information content (AvgIpc) is 2.40. The molecule has 0 aliphatic heterocycles. The van der Waals surface area contributed by atoms with Crippen LogP contribution in [0.4, 0.5) is 10.5 Å². The second kappa shape index (κ2) is 7.45. The summed E-state index contributed by atoms with van der Waals surface area (Å²) in [6.45, 7) is 6.95. The maximum atomic E-state index is 12.0. The molecule has 2 N–H and O–H groups in total. The molecule has 0 bridgehead atoms. The van der Waals surface area contributed by atoms with Crippen LogP contribution in [0.15, 0.2) is 18.2 Å². The zero-order chi connectivity index (χ0) is 14.3. The van der Waals surface area contributed by atoms with Gasteiger partial charge in [0.2, 0.25) is 0 Å². The van der Waals surface area contributed by atoms with Crippen molar-refractivity contribution < 1.29 is 9.90 Å². The highest BCUT2D eigenvalue weighted by atomic mass is 16.2. The topological polar surface area (TPSA) is 52.6 Å². The first-order valence-electron chi connectivity index (χ1n) is 6.38. The van der Waals surface area contributed by atoms with Crippen LogP contribution in [0.25, 0.3) is 0 Å². The monoisotopic (exact) mass is 260 g/mol. The van der Waals surface area contributed by atoms with Gasteiger partial charge >= 0.3 is 6.03 Å². The van der Waals surface area contributed by atoms with Gasteiger partial charge in [0.15, 0.2) is 0 Å². The van der Waals surface area contributed by atoms with Crippen LogP contribution >= 0.6 is 0 Å². The van der Waals surface area contributed by atoms with Crippen LogP contribution in [0.3, 0.4) is 0 Å². The number of aryl methyl sites for hydroxylation is 1. The van der Waals surface area contributed by atoms with E-state index in [0.717, 1.165) is 11.1 Å². The van der Waals surface area contributed by atoms with Crippen LogP contribution in [0.2, 0.25) is 0 Å². The Bertz CT molecular complexity index is 497. The summed E-state index contributed by atoms with van der Waals surface area (Å²) in [5.41, 5.74) is 2.45. The third-order valence-corrected chi connectivity index (χ3v) is 2.77. The van der Waals surface area contributed by atoms with E-state index in [4.69, 9.17) is 5.11 Å². The molecular formula is C15H20N2O2. The van der Waals surface area contributed by atoms with Gasteiger partial charge in [-0.25, -0.2) is 4.79 Å². The zero-order valence-electron chi connectivity index (χ0n) is 11.7. The molecule has 19 heavy (non-hydrogen) atoms. The molecule has 0 spiro atoms. The number of hydrogen-bond donors (Lipinski definition) is 2. The minimum absolute atomic E-state index is 0.138. The van der Waals surface area contributed by atoms with Gasteiger partial charge in [-0.1, -0.05) is 17.9 Å². The second-order valence-corrected chi connectivity index (χ2v) is 4.11. The standard InChI is InChI=1S/C15H20N2O2/c1-4-17(5-2)15(19)16-14-9-8-12(3)11-13(14)7-6-10-18/h8-9,11,18H,4-5,10H2,1-3H3,(H,16,19). The van der Waals surface area contributed by atoms with E-state index in [-0.39, 0.29) is 12.6 Å². The fraction of sp³-hybridized carbons (Fsp3) is 0.400. The highest BCUT2D eigenvalue weighted by Crippen LogP contribution is 2.17. The molecule has 0 radical (unpaired) electrons. The predicted molar refractivity (Wildman–Crippen MR) is 77.1 cm³/mol. The van der Waals surface area contributed by atoms with Gasteiger partial charge in [0.05, 0.1) is 5.69 Å². The molecule has 0 unspecified atom stereocenters. The Morgan fingerprint density at radius 1 is 1.37 bits per heavy atom. The third-order valence-electron chi connectivity index (χ3n) is 2.77. The Kier molecular flexibility index (Phi) is 5.91. The van der Waals surface area contributed by atoms with Crippen molar-refractivity contribution in [2.24, 2.45) is 0 Å². The van der Waals surface area contributed by atoms with E-state index in [2.05, 4.69) is 17.2 Å². The number of carbonyl (C=O) groups excluding carboxylic acids is 1. The molecule has 0 fully saturated rings. The number of aliphatic hydroxyl groups is 1. The highest BCUT2D eigenvalue weighted by Gasteiger charge is 2.11. The number of anilines is 1. The molecule has 0 aliphatic rings. The molecule has 0 saturated carbocycles. The lowest BCUT2D eigenvalue weighted by molar-refractivity contribution is 0.217. The fourth-order valence-electron chi connectivity index (χ4n) is 1.71. The van der Waals surface area contributed by atoms with Crippen molar-refractivity contribution >= 4 is 11.7 Å². The lowest BCUT2D eigenvalue weighted by Crippen LogP contribution is -2.34. The quantitative estimate of drug-likeness (QED) is 0.819. The maximum Gasteiger partial charge on any atom is 0.321 e. The van der Waals surface area contributed by atoms with Crippen molar-refractivity contribution in [3.8, 4) is 11.8 Å². The fourth-order valence-corrected chi connectivity index (χ4v) is 1.71. The molecule has 0 heterocycles. The zero-order valence-corrected chi connectivity index (χ0v) is 11.7. The van der Waals surface area contributed by atoms with Crippen molar-refractivity contribution in [2.75, 3.05) is 25.0 Å². The van der Waals surface area contributed by atoms with Gasteiger partial charge in [-0.05, 0) is 38.5 Å². The minimum atomic E-state index is -0.197. The molecule has 0 atom stereocenters. The smallest absolute Gasteiger partial charge is 0.321 e. The van der Waals surface area contributed by atoms with Crippen molar-refractivity contribution in [3.05, 3.63) is 29.3 Å². The molecular weight excluding hydrogens is 240 g/mol. The third kappa shape index (κ3) is 4.31. The molecule has 4 nitrogen and oxygen atoms in total. The lowest BCUT2D eigenvalue weighted by atomic mass is 10.1. The number of aliphatic hydroxyl groups excluding tert-OH is 1. The summed E-state index contributed by atoms with van der Waals surface area (Å²) in [5, 5.41) is 11.6. The number of carbonyl (C=O) groups is 1. The van der Waals surface area contributed by atoms with Crippen molar-refractivity contribution in [3.63, 3.8) is 0 Å². The van der Waals surface area contributed by atoms with Crippen molar-refractivity contribution in [2.45, 2.75) is 20.8 Å². The van der Waals surface area contributed by atoms with Gasteiger partial charge in [0.1, 0.15) is 6.61 Å². The maximum absolute atomic E-state index is 12.0. The molecule has 2 amide bonds. The van der Waals surface area contributed by atoms with E-state index in [1.54, 1.807) is 4.90 Å². The van der Waals surface area contributed by atoms with Crippen LogP contribution < -0.4 is 5.32 Å². The van der Waals surface area contributed by atoms with E-state index >= 15 is 0 Å². The summed E-state index contributed by atoms with van der Waals surface area (Å²) in [6.07, 6.45) is 0. The molecule has 1 rings (SSSR count). The summed E-state index contributed by atoms with van der Waals surface area (Å²) in [6, 6.07) is 5.50. The minimum Gasteiger partial charge on any atom is -0.384 e. The van der Waals surface area contributed by atoms with Gasteiger partial charge in [-0.3, -0.25) is 0 Å². The number of nitrogens with zero attached hydrogens (tertiary/aromatic N) is 1. The van der Waals surface area contributed by atoms with Crippen molar-refractivity contribution in [1.82, 2.24) is 4.90 Å². The van der Waals surface area contributed by atoms with Crippen LogP contribution in [0, 0.1) is 18.8 Å². The van der Waals surface area contributed by atoms with Crippen molar-refractivity contribution in [1.29, 1.82) is 0 Å². The first kappa shape index (κ1) is 15.1. The summed E-state index contributed by atoms with van der Waals surface area (Å²) in [7, 11) is 0. The summed E-state index contributed by atoms with van der Waals surface area (Å²) >= 11 is 0. The SMILES string of the molecule is CCN(CC)C(=O)Nc1ccc(C)cc1C#CCO. The second-order valence-electron chi connectivity index (χ2n) is 4.11. The molecule has 1 aromatic rings. The van der Waals surface area contributed by atoms with E-state index in [9.17, 15) is 4.79 Å². The molecule has 0 aliphatic carbocycles. The number of benzene rings is 1. The molecule has 102 valence electrons.